The summed E-state index contributed by atoms with van der Waals surface area (Å²) in [7, 11) is -2.26. The van der Waals surface area contributed by atoms with Crippen LogP contribution < -0.4 is 0 Å². The molecule has 1 atom stereocenters. The molecule has 1 aromatic rings. The number of methoxy groups -OCH3 is 1. The number of hydrogen-bond donors (Lipinski definition) is 0. The number of benzene rings is 1. The van der Waals surface area contributed by atoms with E-state index in [4.69, 9.17) is 4.74 Å². The molecule has 9 heteroatoms. The van der Waals surface area contributed by atoms with Crippen molar-refractivity contribution >= 4 is 16.0 Å². The summed E-state index contributed by atoms with van der Waals surface area (Å²) >= 11 is 0. The van der Waals surface area contributed by atoms with E-state index in [2.05, 4.69) is 0 Å². The van der Waals surface area contributed by atoms with Crippen molar-refractivity contribution < 1.29 is 22.9 Å². The number of allylic oxidation sites excluding steroid dienone is 2. The van der Waals surface area contributed by atoms with Gasteiger partial charge in [0.2, 0.25) is 0 Å². The molecule has 0 fully saturated rings. The molecule has 8 nitrogen and oxygen atoms in total. The highest BCUT2D eigenvalue weighted by Crippen LogP contribution is 2.34. The van der Waals surface area contributed by atoms with Crippen molar-refractivity contribution in [1.29, 1.82) is 0 Å². The van der Waals surface area contributed by atoms with Gasteiger partial charge in [-0.05, 0) is 11.5 Å². The van der Waals surface area contributed by atoms with E-state index in [1.54, 1.807) is 13.8 Å². The van der Waals surface area contributed by atoms with E-state index in [0.717, 1.165) is 36.2 Å². The number of carbonyl (C=O) groups excluding carboxylic acids is 1. The van der Waals surface area contributed by atoms with Crippen molar-refractivity contribution in [3.8, 4) is 0 Å². The average Bonchev–Trinajstić information content (AvgIpc) is 2.68. The summed E-state index contributed by atoms with van der Waals surface area (Å²) in [5.74, 6) is -1.49. The highest BCUT2D eigenvalue weighted by Gasteiger charge is 2.57. The Bertz CT molecular complexity index is 878. The first-order chi connectivity index (χ1) is 13.1. The SMILES string of the molecule is COC(=O)[C@@H](C(C)C)N(C)S(=O)(=O)C1([N+](=O)[O-])C=CC(c2ccccc2)C=C1. The normalized spacial score (nSPS) is 23.0. The molecule has 28 heavy (non-hydrogen) atoms. The molecule has 152 valence electrons. The van der Waals surface area contributed by atoms with Crippen LogP contribution in [0.5, 0.6) is 0 Å². The number of sulfonamides is 1. The number of rotatable bonds is 7. The smallest absolute Gasteiger partial charge is 0.369 e. The quantitative estimate of drug-likeness (QED) is 0.297. The van der Waals surface area contributed by atoms with Gasteiger partial charge in [0.25, 0.3) is 10.0 Å². The molecule has 0 spiro atoms. The second kappa shape index (κ2) is 8.24. The van der Waals surface area contributed by atoms with Crippen LogP contribution in [0.3, 0.4) is 0 Å². The van der Waals surface area contributed by atoms with Gasteiger partial charge < -0.3 is 4.74 Å². The second-order valence-electron chi connectivity index (χ2n) is 6.90. The summed E-state index contributed by atoms with van der Waals surface area (Å²) in [6, 6.07) is 8.04. The molecule has 1 aliphatic rings. The molecular formula is C19H24N2O6S. The molecule has 0 unspecified atom stereocenters. The maximum absolute atomic E-state index is 13.2. The van der Waals surface area contributed by atoms with Gasteiger partial charge in [-0.2, -0.15) is 4.31 Å². The standard InChI is InChI=1S/C19H24N2O6S/c1-14(2)17(18(22)27-4)20(3)28(25,26)19(21(23)24)12-10-16(11-13-19)15-8-6-5-7-9-15/h5-14,16-17H,1-4H3/t16?,17-,19?/m1/s1. The van der Waals surface area contributed by atoms with E-state index >= 15 is 0 Å². The molecule has 1 aromatic carbocycles. The summed E-state index contributed by atoms with van der Waals surface area (Å²) in [6.07, 6.45) is 5.13. The van der Waals surface area contributed by atoms with Crippen LogP contribution in [-0.2, 0) is 19.6 Å². The van der Waals surface area contributed by atoms with Gasteiger partial charge in [0, 0.05) is 25.1 Å². The van der Waals surface area contributed by atoms with Crippen LogP contribution in [0.15, 0.2) is 54.6 Å². The summed E-state index contributed by atoms with van der Waals surface area (Å²) in [5, 5.41) is 11.9. The van der Waals surface area contributed by atoms with Crippen molar-refractivity contribution in [3.63, 3.8) is 0 Å². The zero-order valence-electron chi connectivity index (χ0n) is 16.2. The third-order valence-corrected chi connectivity index (χ3v) is 7.05. The van der Waals surface area contributed by atoms with Crippen molar-refractivity contribution in [2.24, 2.45) is 5.92 Å². The van der Waals surface area contributed by atoms with Crippen LogP contribution in [-0.4, -0.2) is 48.7 Å². The third kappa shape index (κ3) is 3.72. The topological polar surface area (TPSA) is 107 Å². The number of ether oxygens (including phenoxy) is 1. The van der Waals surface area contributed by atoms with Gasteiger partial charge in [-0.25, -0.2) is 8.42 Å². The number of nitrogens with zero attached hydrogens (tertiary/aromatic N) is 2. The number of esters is 1. The lowest BCUT2D eigenvalue weighted by atomic mass is 9.93. The monoisotopic (exact) mass is 408 g/mol. The Morgan fingerprint density at radius 3 is 2.18 bits per heavy atom. The highest BCUT2D eigenvalue weighted by molar-refractivity contribution is 7.90. The molecule has 0 saturated carbocycles. The lowest BCUT2D eigenvalue weighted by molar-refractivity contribution is -0.514. The van der Waals surface area contributed by atoms with Crippen molar-refractivity contribution in [3.05, 3.63) is 70.3 Å². The molecule has 0 aromatic heterocycles. The highest BCUT2D eigenvalue weighted by atomic mass is 32.2. The number of carbonyl (C=O) groups is 1. The lowest BCUT2D eigenvalue weighted by Crippen LogP contribution is -2.56. The summed E-state index contributed by atoms with van der Waals surface area (Å²) in [6.45, 7) is 3.29. The Labute approximate surface area is 164 Å². The lowest BCUT2D eigenvalue weighted by Gasteiger charge is -2.32. The first-order valence-electron chi connectivity index (χ1n) is 8.72. The van der Waals surface area contributed by atoms with Gasteiger partial charge in [-0.3, -0.25) is 14.9 Å². The molecular weight excluding hydrogens is 384 g/mol. The Hall–Kier alpha value is -2.52. The van der Waals surface area contributed by atoms with Gasteiger partial charge in [0.15, 0.2) is 0 Å². The Morgan fingerprint density at radius 1 is 1.21 bits per heavy atom. The van der Waals surface area contributed by atoms with Gasteiger partial charge >= 0.3 is 10.8 Å². The largest absolute Gasteiger partial charge is 0.468 e. The van der Waals surface area contributed by atoms with E-state index in [0.29, 0.717) is 0 Å². The fourth-order valence-electron chi connectivity index (χ4n) is 3.23. The zero-order valence-corrected chi connectivity index (χ0v) is 17.0. The molecule has 2 rings (SSSR count). The molecule has 0 aliphatic heterocycles. The predicted octanol–water partition coefficient (Wildman–Crippen LogP) is 2.33. The van der Waals surface area contributed by atoms with Gasteiger partial charge in [-0.15, -0.1) is 0 Å². The second-order valence-corrected chi connectivity index (χ2v) is 9.08. The van der Waals surface area contributed by atoms with Crippen molar-refractivity contribution in [2.75, 3.05) is 14.2 Å². The molecule has 0 radical (unpaired) electrons. The van der Waals surface area contributed by atoms with Crippen LogP contribution in [0.25, 0.3) is 0 Å². The van der Waals surface area contributed by atoms with Crippen LogP contribution in [0.1, 0.15) is 25.3 Å². The molecule has 0 N–H and O–H groups in total. The van der Waals surface area contributed by atoms with Crippen LogP contribution in [0, 0.1) is 16.0 Å². The molecule has 0 saturated heterocycles. The predicted molar refractivity (Wildman–Crippen MR) is 105 cm³/mol. The summed E-state index contributed by atoms with van der Waals surface area (Å²) in [4.78, 5) is 20.6. The van der Waals surface area contributed by atoms with E-state index < -0.39 is 37.7 Å². The molecule has 1 aliphatic carbocycles. The minimum atomic E-state index is -4.57. The summed E-state index contributed by atoms with van der Waals surface area (Å²) in [5.41, 5.74) is 0.882. The van der Waals surface area contributed by atoms with Gasteiger partial charge in [0.1, 0.15) is 6.04 Å². The number of nitro groups is 1. The molecule has 0 heterocycles. The maximum atomic E-state index is 13.2. The average molecular weight is 408 g/mol. The van der Waals surface area contributed by atoms with Gasteiger partial charge in [-0.1, -0.05) is 56.3 Å². The first-order valence-corrected chi connectivity index (χ1v) is 10.2. The number of hydrogen-bond acceptors (Lipinski definition) is 6. The Morgan fingerprint density at radius 2 is 1.75 bits per heavy atom. The zero-order chi connectivity index (χ0) is 21.1. The fourth-order valence-corrected chi connectivity index (χ4v) is 5.01. The van der Waals surface area contributed by atoms with Crippen molar-refractivity contribution in [1.82, 2.24) is 4.31 Å². The maximum Gasteiger partial charge on any atom is 0.369 e. The summed E-state index contributed by atoms with van der Waals surface area (Å²) < 4.78 is 31.9. The van der Waals surface area contributed by atoms with Crippen LogP contribution >= 0.6 is 0 Å². The molecule has 0 amide bonds. The number of likely N-dealkylation sites (N-methyl/N-ethyl adjacent to an activating group) is 1. The van der Waals surface area contributed by atoms with Crippen LogP contribution in [0.2, 0.25) is 0 Å². The Kier molecular flexibility index (Phi) is 6.41. The minimum absolute atomic E-state index is 0.281. The van der Waals surface area contributed by atoms with E-state index in [9.17, 15) is 23.3 Å². The van der Waals surface area contributed by atoms with E-state index in [-0.39, 0.29) is 5.92 Å². The first kappa shape index (κ1) is 21.8. The van der Waals surface area contributed by atoms with Crippen molar-refractivity contribution in [2.45, 2.75) is 30.7 Å². The third-order valence-electron chi connectivity index (χ3n) is 4.81. The van der Waals surface area contributed by atoms with Gasteiger partial charge in [0.05, 0.1) is 12.0 Å². The molecule has 0 bridgehead atoms. The van der Waals surface area contributed by atoms with Crippen LogP contribution in [0.4, 0.5) is 0 Å². The van der Waals surface area contributed by atoms with E-state index in [1.165, 1.54) is 12.2 Å². The van der Waals surface area contributed by atoms with E-state index in [1.807, 2.05) is 30.3 Å². The Balaban J connectivity index is 2.47. The fraction of sp³-hybridized carbons (Fsp3) is 0.421. The minimum Gasteiger partial charge on any atom is -0.468 e.